The van der Waals surface area contributed by atoms with Gasteiger partial charge in [0.25, 0.3) is 5.19 Å². The van der Waals surface area contributed by atoms with Crippen molar-refractivity contribution in [2.75, 3.05) is 13.2 Å². The van der Waals surface area contributed by atoms with Gasteiger partial charge in [-0.25, -0.2) is 9.97 Å². The van der Waals surface area contributed by atoms with E-state index >= 15 is 0 Å². The van der Waals surface area contributed by atoms with E-state index in [1.165, 1.54) is 18.3 Å². The number of pyridine rings is 1. The molecule has 1 N–H and O–H groups in total. The number of thiazole rings is 1. The third-order valence-corrected chi connectivity index (χ3v) is 5.84. The Morgan fingerprint density at radius 3 is 2.82 bits per heavy atom. The molecular formula is C20H27N3O4S. The summed E-state index contributed by atoms with van der Waals surface area (Å²) in [6.45, 7) is 6.69. The van der Waals surface area contributed by atoms with E-state index in [0.717, 1.165) is 41.6 Å². The van der Waals surface area contributed by atoms with Gasteiger partial charge in [0.1, 0.15) is 11.6 Å². The van der Waals surface area contributed by atoms with Gasteiger partial charge in [-0.05, 0) is 51.0 Å². The van der Waals surface area contributed by atoms with E-state index < -0.39 is 0 Å². The highest BCUT2D eigenvalue weighted by molar-refractivity contribution is 7.19. The molecule has 152 valence electrons. The Hall–Kier alpha value is -1.93. The van der Waals surface area contributed by atoms with E-state index in [1.54, 1.807) is 0 Å². The van der Waals surface area contributed by atoms with E-state index in [-0.39, 0.29) is 18.1 Å². The van der Waals surface area contributed by atoms with Crippen LogP contribution in [0.3, 0.4) is 0 Å². The molecule has 1 atom stereocenters. The Labute approximate surface area is 168 Å². The van der Waals surface area contributed by atoms with Gasteiger partial charge in [-0.2, -0.15) is 0 Å². The van der Waals surface area contributed by atoms with Crippen molar-refractivity contribution in [1.82, 2.24) is 15.3 Å². The minimum Gasteiger partial charge on any atom is -0.477 e. The highest BCUT2D eigenvalue weighted by Crippen LogP contribution is 2.35. The van der Waals surface area contributed by atoms with E-state index in [9.17, 15) is 4.79 Å². The molecule has 2 fully saturated rings. The van der Waals surface area contributed by atoms with Crippen LogP contribution in [0.15, 0.2) is 6.07 Å². The Morgan fingerprint density at radius 2 is 2.11 bits per heavy atom. The summed E-state index contributed by atoms with van der Waals surface area (Å²) < 4.78 is 17.6. The van der Waals surface area contributed by atoms with Crippen LogP contribution in [0, 0.1) is 12.8 Å². The van der Waals surface area contributed by atoms with Gasteiger partial charge in [-0.3, -0.25) is 4.79 Å². The van der Waals surface area contributed by atoms with Crippen LogP contribution in [0.1, 0.15) is 45.1 Å². The standard InChI is InChI=1S/C20H27N3O4S/c1-11-6-17(22-19-18(11)23-20(28-19)27-15-4-5-15)26-10-14-7-16(8-14)25-9-12(2)21-13(3)24/h6,12,14-16H,4-5,7-10H2,1-3H3,(H,21,24)/t12-,14?,16?/m0/s1. The van der Waals surface area contributed by atoms with Gasteiger partial charge < -0.3 is 19.5 Å². The highest BCUT2D eigenvalue weighted by atomic mass is 32.1. The summed E-state index contributed by atoms with van der Waals surface area (Å²) in [6.07, 6.45) is 4.79. The van der Waals surface area contributed by atoms with E-state index in [4.69, 9.17) is 14.2 Å². The minimum absolute atomic E-state index is 0.0251. The zero-order valence-corrected chi connectivity index (χ0v) is 17.4. The predicted molar refractivity (Wildman–Crippen MR) is 107 cm³/mol. The SMILES string of the molecule is CC(=O)N[C@@H](C)COC1CC(COc2cc(C)c3nc(OC4CC4)sc3n2)C1. The maximum absolute atomic E-state index is 11.0. The molecule has 2 aliphatic carbocycles. The molecule has 7 nitrogen and oxygen atoms in total. The summed E-state index contributed by atoms with van der Waals surface area (Å²) in [5.74, 6) is 1.10. The molecular weight excluding hydrogens is 378 g/mol. The van der Waals surface area contributed by atoms with Crippen molar-refractivity contribution in [1.29, 1.82) is 0 Å². The lowest BCUT2D eigenvalue weighted by atomic mass is 9.83. The first-order chi connectivity index (χ1) is 13.5. The molecule has 0 radical (unpaired) electrons. The van der Waals surface area contributed by atoms with Crippen molar-refractivity contribution in [3.05, 3.63) is 11.6 Å². The maximum Gasteiger partial charge on any atom is 0.276 e. The van der Waals surface area contributed by atoms with Crippen molar-refractivity contribution in [2.45, 2.75) is 64.7 Å². The number of amides is 1. The zero-order chi connectivity index (χ0) is 19.7. The Morgan fingerprint density at radius 1 is 1.32 bits per heavy atom. The smallest absolute Gasteiger partial charge is 0.276 e. The highest BCUT2D eigenvalue weighted by Gasteiger charge is 2.31. The van der Waals surface area contributed by atoms with Crippen LogP contribution in [0.5, 0.6) is 11.1 Å². The van der Waals surface area contributed by atoms with Gasteiger partial charge in [-0.1, -0.05) is 11.3 Å². The van der Waals surface area contributed by atoms with Crippen LogP contribution < -0.4 is 14.8 Å². The molecule has 2 aromatic rings. The Bertz CT molecular complexity index is 845. The summed E-state index contributed by atoms with van der Waals surface area (Å²) in [4.78, 5) is 21.0. The Balaban J connectivity index is 1.23. The quantitative estimate of drug-likeness (QED) is 0.690. The normalized spacial score (nSPS) is 22.5. The molecule has 0 aromatic carbocycles. The number of aromatic nitrogens is 2. The van der Waals surface area contributed by atoms with Crippen molar-refractivity contribution in [3.8, 4) is 11.1 Å². The molecule has 0 unspecified atom stereocenters. The molecule has 2 aliphatic rings. The number of rotatable bonds is 9. The van der Waals surface area contributed by atoms with Crippen LogP contribution in [0.25, 0.3) is 10.3 Å². The lowest BCUT2D eigenvalue weighted by Gasteiger charge is -2.35. The number of ether oxygens (including phenoxy) is 3. The molecule has 2 aromatic heterocycles. The molecule has 1 amide bonds. The molecule has 0 spiro atoms. The second kappa shape index (κ2) is 8.21. The lowest BCUT2D eigenvalue weighted by molar-refractivity contribution is -0.120. The zero-order valence-electron chi connectivity index (χ0n) is 16.6. The van der Waals surface area contributed by atoms with Crippen LogP contribution in [-0.2, 0) is 9.53 Å². The average molecular weight is 406 g/mol. The van der Waals surface area contributed by atoms with Crippen LogP contribution in [0.2, 0.25) is 0 Å². The van der Waals surface area contributed by atoms with Crippen LogP contribution in [-0.4, -0.2) is 47.3 Å². The largest absolute Gasteiger partial charge is 0.477 e. The number of aryl methyl sites for hydroxylation is 1. The van der Waals surface area contributed by atoms with Gasteiger partial charge in [0.15, 0.2) is 4.83 Å². The Kier molecular flexibility index (Phi) is 5.68. The van der Waals surface area contributed by atoms with E-state index in [0.29, 0.717) is 36.3 Å². The number of carbonyl (C=O) groups is 1. The second-order valence-corrected chi connectivity index (χ2v) is 8.87. The number of hydrogen-bond acceptors (Lipinski definition) is 7. The molecule has 0 saturated heterocycles. The van der Waals surface area contributed by atoms with E-state index in [2.05, 4.69) is 15.3 Å². The number of nitrogens with one attached hydrogen (secondary N) is 1. The fourth-order valence-corrected chi connectivity index (χ4v) is 4.21. The summed E-state index contributed by atoms with van der Waals surface area (Å²) in [5, 5.41) is 3.54. The van der Waals surface area contributed by atoms with Crippen molar-refractivity contribution in [3.63, 3.8) is 0 Å². The first-order valence-electron chi connectivity index (χ1n) is 9.92. The van der Waals surface area contributed by atoms with Gasteiger partial charge >= 0.3 is 0 Å². The third-order valence-electron chi connectivity index (χ3n) is 5.00. The first-order valence-corrected chi connectivity index (χ1v) is 10.7. The average Bonchev–Trinajstić information content (AvgIpc) is 3.29. The van der Waals surface area contributed by atoms with Gasteiger partial charge in [0.2, 0.25) is 11.8 Å². The number of hydrogen-bond donors (Lipinski definition) is 1. The molecule has 2 heterocycles. The van der Waals surface area contributed by atoms with Crippen molar-refractivity contribution in [2.24, 2.45) is 5.92 Å². The second-order valence-electron chi connectivity index (χ2n) is 7.93. The summed E-state index contributed by atoms with van der Waals surface area (Å²) >= 11 is 1.49. The number of carbonyl (C=O) groups excluding carboxylic acids is 1. The molecule has 8 heteroatoms. The van der Waals surface area contributed by atoms with Gasteiger partial charge in [0.05, 0.1) is 19.3 Å². The summed E-state index contributed by atoms with van der Waals surface area (Å²) in [7, 11) is 0. The number of nitrogens with zero attached hydrogens (tertiary/aromatic N) is 2. The van der Waals surface area contributed by atoms with Gasteiger partial charge in [0, 0.05) is 19.0 Å². The van der Waals surface area contributed by atoms with Crippen LogP contribution >= 0.6 is 11.3 Å². The van der Waals surface area contributed by atoms with Crippen molar-refractivity contribution < 1.29 is 19.0 Å². The fraction of sp³-hybridized carbons (Fsp3) is 0.650. The topological polar surface area (TPSA) is 82.6 Å². The molecule has 0 aliphatic heterocycles. The third kappa shape index (κ3) is 4.91. The van der Waals surface area contributed by atoms with E-state index in [1.807, 2.05) is 19.9 Å². The summed E-state index contributed by atoms with van der Waals surface area (Å²) in [6, 6.07) is 1.99. The number of fused-ring (bicyclic) bond motifs is 1. The fourth-order valence-electron chi connectivity index (χ4n) is 3.28. The molecule has 4 rings (SSSR count). The first kappa shape index (κ1) is 19.4. The van der Waals surface area contributed by atoms with Crippen molar-refractivity contribution >= 4 is 27.6 Å². The maximum atomic E-state index is 11.0. The van der Waals surface area contributed by atoms with Gasteiger partial charge in [-0.15, -0.1) is 0 Å². The monoisotopic (exact) mass is 405 g/mol. The molecule has 28 heavy (non-hydrogen) atoms. The summed E-state index contributed by atoms with van der Waals surface area (Å²) in [5.41, 5.74) is 1.96. The molecule has 2 saturated carbocycles. The van der Waals surface area contributed by atoms with Crippen LogP contribution in [0.4, 0.5) is 0 Å². The minimum atomic E-state index is -0.0251. The lowest BCUT2D eigenvalue weighted by Crippen LogP contribution is -2.40. The predicted octanol–water partition coefficient (Wildman–Crippen LogP) is 3.24. The molecule has 0 bridgehead atoms.